The Morgan fingerprint density at radius 1 is 1.17 bits per heavy atom. The molecule has 0 radical (unpaired) electrons. The number of carbonyl (C=O) groups excluding carboxylic acids is 1. The summed E-state index contributed by atoms with van der Waals surface area (Å²) in [5.74, 6) is -0.302. The topological polar surface area (TPSA) is 79.4 Å². The molecule has 2 fully saturated rings. The van der Waals surface area contributed by atoms with Crippen LogP contribution >= 0.6 is 35.6 Å². The summed E-state index contributed by atoms with van der Waals surface area (Å²) in [4.78, 5) is 14.2. The van der Waals surface area contributed by atoms with Crippen LogP contribution in [0.3, 0.4) is 0 Å². The number of nitrogens with two attached hydrogens (primary N) is 1. The Balaban J connectivity index is 0.00000192. The van der Waals surface area contributed by atoms with E-state index in [1.165, 1.54) is 0 Å². The quantitative estimate of drug-likeness (QED) is 0.469. The highest BCUT2D eigenvalue weighted by atomic mass is 35.5. The number of nitrogens with one attached hydrogen (secondary N) is 1. The first-order chi connectivity index (χ1) is 10.4. The van der Waals surface area contributed by atoms with E-state index in [-0.39, 0.29) is 36.6 Å². The van der Waals surface area contributed by atoms with Crippen molar-refractivity contribution in [2.24, 2.45) is 5.73 Å². The zero-order valence-electron chi connectivity index (χ0n) is 12.3. The van der Waals surface area contributed by atoms with Crippen LogP contribution in [-0.2, 0) is 4.74 Å². The third-order valence-electron chi connectivity index (χ3n) is 4.34. The van der Waals surface area contributed by atoms with Gasteiger partial charge in [0.15, 0.2) is 5.96 Å². The predicted molar refractivity (Wildman–Crippen MR) is 92.7 cm³/mol. The molecule has 5 nitrogen and oxygen atoms in total. The summed E-state index contributed by atoms with van der Waals surface area (Å²) in [6.45, 7) is 0. The largest absolute Gasteiger partial charge is 0.459 e. The molecule has 3 N–H and O–H groups in total. The number of ether oxygens (including phenoxy) is 1. The molecule has 2 unspecified atom stereocenters. The lowest BCUT2D eigenvalue weighted by Gasteiger charge is -2.38. The molecule has 1 aromatic carbocycles. The molecule has 0 aliphatic carbocycles. The van der Waals surface area contributed by atoms with E-state index < -0.39 is 5.97 Å². The van der Waals surface area contributed by atoms with E-state index in [0.717, 1.165) is 12.8 Å². The lowest BCUT2D eigenvalue weighted by Crippen LogP contribution is -2.51. The van der Waals surface area contributed by atoms with E-state index in [0.29, 0.717) is 28.5 Å². The van der Waals surface area contributed by atoms with Gasteiger partial charge in [0.05, 0.1) is 5.56 Å². The molecule has 0 saturated carbocycles. The maximum absolute atomic E-state index is 12.2. The van der Waals surface area contributed by atoms with Gasteiger partial charge in [0, 0.05) is 35.0 Å². The molecule has 23 heavy (non-hydrogen) atoms. The predicted octanol–water partition coefficient (Wildman–Crippen LogP) is 3.46. The van der Waals surface area contributed by atoms with Crippen molar-refractivity contribution >= 4 is 47.5 Å². The monoisotopic (exact) mass is 377 g/mol. The number of guanidine groups is 1. The van der Waals surface area contributed by atoms with E-state index >= 15 is 0 Å². The van der Waals surface area contributed by atoms with Crippen LogP contribution in [0.5, 0.6) is 0 Å². The number of halogens is 3. The van der Waals surface area contributed by atoms with Gasteiger partial charge in [-0.2, -0.15) is 0 Å². The van der Waals surface area contributed by atoms with Crippen molar-refractivity contribution in [3.63, 3.8) is 0 Å². The van der Waals surface area contributed by atoms with Crippen molar-refractivity contribution in [2.45, 2.75) is 43.9 Å². The SMILES string of the molecule is Cl.N=C(N)N1C2CCC1CC(OC(=O)c1cc(Cl)cc(Cl)c1)C2. The smallest absolute Gasteiger partial charge is 0.338 e. The molecule has 8 heteroatoms. The molecular weight excluding hydrogens is 361 g/mol. The second-order valence-electron chi connectivity index (χ2n) is 5.83. The van der Waals surface area contributed by atoms with E-state index in [1.54, 1.807) is 18.2 Å². The average molecular weight is 379 g/mol. The average Bonchev–Trinajstić information content (AvgIpc) is 2.70. The number of hydrogen-bond acceptors (Lipinski definition) is 3. The van der Waals surface area contributed by atoms with Crippen LogP contribution in [0.25, 0.3) is 0 Å². The Hall–Kier alpha value is -1.17. The van der Waals surface area contributed by atoms with Crippen LogP contribution < -0.4 is 5.73 Å². The first kappa shape index (κ1) is 18.2. The molecular formula is C15H18Cl3N3O2. The van der Waals surface area contributed by atoms with Crippen LogP contribution in [0, 0.1) is 5.41 Å². The van der Waals surface area contributed by atoms with Crippen LogP contribution in [0.1, 0.15) is 36.0 Å². The Kier molecular flexibility index (Phi) is 5.65. The molecule has 3 rings (SSSR count). The fourth-order valence-electron chi connectivity index (χ4n) is 3.51. The molecule has 0 amide bonds. The van der Waals surface area contributed by atoms with E-state index in [2.05, 4.69) is 0 Å². The third-order valence-corrected chi connectivity index (χ3v) is 4.78. The molecule has 2 aliphatic heterocycles. The number of hydrogen-bond donors (Lipinski definition) is 2. The number of rotatable bonds is 2. The van der Waals surface area contributed by atoms with E-state index in [4.69, 9.17) is 39.1 Å². The van der Waals surface area contributed by atoms with Crippen molar-refractivity contribution in [2.75, 3.05) is 0 Å². The molecule has 2 heterocycles. The Morgan fingerprint density at radius 2 is 1.70 bits per heavy atom. The van der Waals surface area contributed by atoms with Gasteiger partial charge in [0.1, 0.15) is 6.10 Å². The van der Waals surface area contributed by atoms with Gasteiger partial charge in [-0.1, -0.05) is 23.2 Å². The molecule has 1 aromatic rings. The molecule has 126 valence electrons. The zero-order valence-corrected chi connectivity index (χ0v) is 14.6. The maximum atomic E-state index is 12.2. The van der Waals surface area contributed by atoms with Crippen molar-refractivity contribution in [1.29, 1.82) is 5.41 Å². The van der Waals surface area contributed by atoms with Crippen molar-refractivity contribution < 1.29 is 9.53 Å². The van der Waals surface area contributed by atoms with Gasteiger partial charge in [0.2, 0.25) is 0 Å². The minimum atomic E-state index is -0.412. The summed E-state index contributed by atoms with van der Waals surface area (Å²) in [7, 11) is 0. The third kappa shape index (κ3) is 3.84. The highest BCUT2D eigenvalue weighted by Crippen LogP contribution is 2.36. The molecule has 2 bridgehead atoms. The normalized spacial score (nSPS) is 25.7. The summed E-state index contributed by atoms with van der Waals surface area (Å²) in [5.41, 5.74) is 5.99. The summed E-state index contributed by atoms with van der Waals surface area (Å²) in [6.07, 6.45) is 3.23. The second-order valence-corrected chi connectivity index (χ2v) is 6.71. The fourth-order valence-corrected chi connectivity index (χ4v) is 4.03. The Morgan fingerprint density at radius 3 is 2.17 bits per heavy atom. The number of fused-ring (bicyclic) bond motifs is 2. The second kappa shape index (κ2) is 7.16. The van der Waals surface area contributed by atoms with E-state index in [1.807, 2.05) is 4.90 Å². The fraction of sp³-hybridized carbons (Fsp3) is 0.467. The van der Waals surface area contributed by atoms with Gasteiger partial charge in [-0.25, -0.2) is 4.79 Å². The molecule has 2 saturated heterocycles. The van der Waals surface area contributed by atoms with Crippen molar-refractivity contribution in [1.82, 2.24) is 4.90 Å². The maximum Gasteiger partial charge on any atom is 0.338 e. The molecule has 0 aromatic heterocycles. The van der Waals surface area contributed by atoms with Crippen LogP contribution in [-0.4, -0.2) is 35.0 Å². The van der Waals surface area contributed by atoms with Gasteiger partial charge in [-0.3, -0.25) is 5.41 Å². The minimum absolute atomic E-state index is 0. The summed E-state index contributed by atoms with van der Waals surface area (Å²) < 4.78 is 5.60. The Bertz CT molecular complexity index is 592. The number of piperidine rings is 1. The zero-order chi connectivity index (χ0) is 15.9. The summed E-state index contributed by atoms with van der Waals surface area (Å²) in [6, 6.07) is 5.06. The lowest BCUT2D eigenvalue weighted by molar-refractivity contribution is 0.00627. The van der Waals surface area contributed by atoms with Crippen molar-refractivity contribution in [3.05, 3.63) is 33.8 Å². The van der Waals surface area contributed by atoms with Gasteiger partial charge >= 0.3 is 5.97 Å². The molecule has 0 spiro atoms. The number of nitrogens with zero attached hydrogens (tertiary/aromatic N) is 1. The van der Waals surface area contributed by atoms with Gasteiger partial charge in [-0.15, -0.1) is 12.4 Å². The van der Waals surface area contributed by atoms with Gasteiger partial charge in [0.25, 0.3) is 0 Å². The van der Waals surface area contributed by atoms with E-state index in [9.17, 15) is 4.79 Å². The van der Waals surface area contributed by atoms with Crippen LogP contribution in [0.2, 0.25) is 10.0 Å². The summed E-state index contributed by atoms with van der Waals surface area (Å²) >= 11 is 11.8. The number of benzene rings is 1. The van der Waals surface area contributed by atoms with Crippen molar-refractivity contribution in [3.8, 4) is 0 Å². The van der Waals surface area contributed by atoms with Gasteiger partial charge in [-0.05, 0) is 31.0 Å². The lowest BCUT2D eigenvalue weighted by atomic mass is 10.00. The van der Waals surface area contributed by atoms with Crippen LogP contribution in [0.15, 0.2) is 18.2 Å². The highest BCUT2D eigenvalue weighted by Gasteiger charge is 2.42. The first-order valence-electron chi connectivity index (χ1n) is 7.23. The minimum Gasteiger partial charge on any atom is -0.459 e. The standard InChI is InChI=1S/C15H17Cl2N3O2.ClH/c16-9-3-8(4-10(17)5-9)14(21)22-13-6-11-1-2-12(7-13)20(11)15(18)19;/h3-5,11-13H,1-2,6-7H2,(H3,18,19);1H. The van der Waals surface area contributed by atoms with Crippen LogP contribution in [0.4, 0.5) is 0 Å². The molecule has 2 atom stereocenters. The molecule has 2 aliphatic rings. The first-order valence-corrected chi connectivity index (χ1v) is 7.99. The number of carbonyl (C=O) groups is 1. The van der Waals surface area contributed by atoms with Gasteiger partial charge < -0.3 is 15.4 Å². The highest BCUT2D eigenvalue weighted by molar-refractivity contribution is 6.35. The number of esters is 1. The Labute approximate surface area is 151 Å². The summed E-state index contributed by atoms with van der Waals surface area (Å²) in [5, 5.41) is 8.46.